The lowest BCUT2D eigenvalue weighted by atomic mass is 10.0. The van der Waals surface area contributed by atoms with Crippen molar-refractivity contribution in [1.29, 1.82) is 0 Å². The lowest BCUT2D eigenvalue weighted by molar-refractivity contribution is -0.158. The molecule has 152 valence electrons. The smallest absolute Gasteiger partial charge is 0.333 e. The molecule has 0 aromatic heterocycles. The fraction of sp³-hybridized carbons (Fsp3) is 0.429. The number of carbonyl (C=O) groups is 4. The predicted octanol–water partition coefficient (Wildman–Crippen LogP) is 3.08. The Bertz CT molecular complexity index is 694. The highest BCUT2D eigenvalue weighted by atomic mass is 16.6. The van der Waals surface area contributed by atoms with Crippen LogP contribution < -0.4 is 0 Å². The maximum absolute atomic E-state index is 12.1. The first-order valence-corrected chi connectivity index (χ1v) is 9.16. The van der Waals surface area contributed by atoms with Gasteiger partial charge in [0.1, 0.15) is 13.2 Å². The molecule has 1 aromatic carbocycles. The summed E-state index contributed by atoms with van der Waals surface area (Å²) < 4.78 is 15.0. The molecule has 0 heterocycles. The first kappa shape index (κ1) is 23.1. The number of hydrogen-bond donors (Lipinski definition) is 0. The van der Waals surface area contributed by atoms with Gasteiger partial charge in [0.2, 0.25) is 0 Å². The fourth-order valence-corrected chi connectivity index (χ4v) is 2.14. The van der Waals surface area contributed by atoms with Crippen LogP contribution >= 0.6 is 0 Å². The van der Waals surface area contributed by atoms with Crippen molar-refractivity contribution in [3.05, 3.63) is 48.0 Å². The van der Waals surface area contributed by atoms with Gasteiger partial charge in [-0.2, -0.15) is 0 Å². The molecule has 0 N–H and O–H groups in total. The Hall–Kier alpha value is -2.96. The zero-order valence-corrected chi connectivity index (χ0v) is 16.3. The van der Waals surface area contributed by atoms with E-state index in [1.165, 1.54) is 0 Å². The molecule has 7 heteroatoms. The van der Waals surface area contributed by atoms with Crippen molar-refractivity contribution < 1.29 is 33.4 Å². The van der Waals surface area contributed by atoms with Crippen LogP contribution in [0.3, 0.4) is 0 Å². The highest BCUT2D eigenvalue weighted by Crippen LogP contribution is 2.20. The SMILES string of the molecule is C=C(CC)C(=O)OCCOC(=O)CCC(=O)OC(C(=O)CC)c1ccccc1. The van der Waals surface area contributed by atoms with Crippen molar-refractivity contribution in [2.45, 2.75) is 45.6 Å². The van der Waals surface area contributed by atoms with Gasteiger partial charge in [-0.25, -0.2) is 4.79 Å². The number of ketones is 1. The second-order valence-corrected chi connectivity index (χ2v) is 5.91. The van der Waals surface area contributed by atoms with E-state index in [0.717, 1.165) is 0 Å². The van der Waals surface area contributed by atoms with E-state index in [1.807, 2.05) is 0 Å². The maximum Gasteiger partial charge on any atom is 0.333 e. The van der Waals surface area contributed by atoms with Crippen molar-refractivity contribution in [3.8, 4) is 0 Å². The minimum Gasteiger partial charge on any atom is -0.462 e. The number of ether oxygens (including phenoxy) is 3. The molecule has 1 atom stereocenters. The average Bonchev–Trinajstić information content (AvgIpc) is 2.72. The van der Waals surface area contributed by atoms with Crippen molar-refractivity contribution in [2.24, 2.45) is 0 Å². The van der Waals surface area contributed by atoms with E-state index in [4.69, 9.17) is 14.2 Å². The lowest BCUT2D eigenvalue weighted by Crippen LogP contribution is -2.20. The summed E-state index contributed by atoms with van der Waals surface area (Å²) in [6.45, 7) is 6.80. The van der Waals surface area contributed by atoms with Gasteiger partial charge in [-0.05, 0) is 12.0 Å². The first-order chi connectivity index (χ1) is 13.4. The van der Waals surface area contributed by atoms with Crippen LogP contribution in [0.25, 0.3) is 0 Å². The minimum atomic E-state index is -0.985. The molecular formula is C21H26O7. The molecular weight excluding hydrogens is 364 g/mol. The van der Waals surface area contributed by atoms with E-state index in [9.17, 15) is 19.2 Å². The number of hydrogen-bond acceptors (Lipinski definition) is 7. The standard InChI is InChI=1S/C21H26O7/c1-4-15(3)21(25)27-14-13-26-18(23)11-12-19(24)28-20(17(22)5-2)16-9-7-6-8-10-16/h6-10,20H,3-5,11-14H2,1-2H3. The number of rotatable bonds is 12. The van der Waals surface area contributed by atoms with E-state index in [2.05, 4.69) is 6.58 Å². The molecule has 0 bridgehead atoms. The largest absolute Gasteiger partial charge is 0.462 e. The Morgan fingerprint density at radius 3 is 2.11 bits per heavy atom. The van der Waals surface area contributed by atoms with Crippen LogP contribution in [0.5, 0.6) is 0 Å². The zero-order chi connectivity index (χ0) is 20.9. The third-order valence-corrected chi connectivity index (χ3v) is 3.82. The van der Waals surface area contributed by atoms with Crippen LogP contribution in [0, 0.1) is 0 Å². The summed E-state index contributed by atoms with van der Waals surface area (Å²) in [5.74, 6) is -2.05. The molecule has 7 nitrogen and oxygen atoms in total. The Labute approximate surface area is 164 Å². The van der Waals surface area contributed by atoms with Crippen LogP contribution in [0.4, 0.5) is 0 Å². The third kappa shape index (κ3) is 8.16. The van der Waals surface area contributed by atoms with Crippen molar-refractivity contribution in [1.82, 2.24) is 0 Å². The molecule has 0 aliphatic heterocycles. The second-order valence-electron chi connectivity index (χ2n) is 5.91. The molecule has 1 rings (SSSR count). The van der Waals surface area contributed by atoms with Gasteiger partial charge in [-0.1, -0.05) is 50.8 Å². The van der Waals surface area contributed by atoms with Crippen LogP contribution in [0.2, 0.25) is 0 Å². The van der Waals surface area contributed by atoms with E-state index in [1.54, 1.807) is 44.2 Å². The number of benzene rings is 1. The van der Waals surface area contributed by atoms with Crippen molar-refractivity contribution in [2.75, 3.05) is 13.2 Å². The topological polar surface area (TPSA) is 96.0 Å². The monoisotopic (exact) mass is 390 g/mol. The van der Waals surface area contributed by atoms with Gasteiger partial charge in [-0.3, -0.25) is 14.4 Å². The van der Waals surface area contributed by atoms with Gasteiger partial charge in [0.25, 0.3) is 0 Å². The van der Waals surface area contributed by atoms with Crippen LogP contribution in [0.1, 0.15) is 51.2 Å². The van der Waals surface area contributed by atoms with Crippen LogP contribution in [-0.4, -0.2) is 36.9 Å². The Balaban J connectivity index is 2.37. The third-order valence-electron chi connectivity index (χ3n) is 3.82. The second kappa shape index (κ2) is 12.4. The molecule has 0 amide bonds. The van der Waals surface area contributed by atoms with Crippen molar-refractivity contribution in [3.63, 3.8) is 0 Å². The summed E-state index contributed by atoms with van der Waals surface area (Å²) in [6, 6.07) is 8.70. The van der Waals surface area contributed by atoms with Gasteiger partial charge >= 0.3 is 17.9 Å². The van der Waals surface area contributed by atoms with Gasteiger partial charge < -0.3 is 14.2 Å². The molecule has 0 radical (unpaired) electrons. The van der Waals surface area contributed by atoms with Gasteiger partial charge in [0, 0.05) is 12.0 Å². The van der Waals surface area contributed by atoms with Gasteiger partial charge in [0.05, 0.1) is 12.8 Å². The maximum atomic E-state index is 12.1. The molecule has 0 fully saturated rings. The summed E-state index contributed by atoms with van der Waals surface area (Å²) in [5.41, 5.74) is 0.921. The highest BCUT2D eigenvalue weighted by Gasteiger charge is 2.23. The van der Waals surface area contributed by atoms with E-state index in [0.29, 0.717) is 17.6 Å². The molecule has 0 spiro atoms. The van der Waals surface area contributed by atoms with Gasteiger partial charge in [0.15, 0.2) is 11.9 Å². The minimum absolute atomic E-state index is 0.0882. The zero-order valence-electron chi connectivity index (χ0n) is 16.3. The Morgan fingerprint density at radius 1 is 0.893 bits per heavy atom. The molecule has 28 heavy (non-hydrogen) atoms. The Kier molecular flexibility index (Phi) is 10.2. The molecule has 0 aliphatic rings. The molecule has 1 unspecified atom stereocenters. The normalized spacial score (nSPS) is 11.2. The van der Waals surface area contributed by atoms with E-state index < -0.39 is 24.0 Å². The molecule has 0 aliphatic carbocycles. The van der Waals surface area contributed by atoms with Gasteiger partial charge in [-0.15, -0.1) is 0 Å². The highest BCUT2D eigenvalue weighted by molar-refractivity contribution is 5.88. The van der Waals surface area contributed by atoms with Crippen LogP contribution in [-0.2, 0) is 33.4 Å². The first-order valence-electron chi connectivity index (χ1n) is 9.16. The quantitative estimate of drug-likeness (QED) is 0.234. The fourth-order valence-electron chi connectivity index (χ4n) is 2.14. The van der Waals surface area contributed by atoms with Crippen LogP contribution in [0.15, 0.2) is 42.5 Å². The number of carbonyl (C=O) groups excluding carboxylic acids is 4. The summed E-state index contributed by atoms with van der Waals surface area (Å²) >= 11 is 0. The molecule has 0 saturated heterocycles. The van der Waals surface area contributed by atoms with Crippen molar-refractivity contribution >= 4 is 23.7 Å². The summed E-state index contributed by atoms with van der Waals surface area (Å²) in [6.07, 6.45) is -0.702. The lowest BCUT2D eigenvalue weighted by Gasteiger charge is -2.16. The molecule has 0 saturated carbocycles. The Morgan fingerprint density at radius 2 is 1.50 bits per heavy atom. The number of esters is 3. The predicted molar refractivity (Wildman–Crippen MR) is 101 cm³/mol. The summed E-state index contributed by atoms with van der Waals surface area (Å²) in [5, 5.41) is 0. The molecule has 1 aromatic rings. The van der Waals surface area contributed by atoms with E-state index in [-0.39, 0.29) is 38.3 Å². The van der Waals surface area contributed by atoms with E-state index >= 15 is 0 Å². The summed E-state index contributed by atoms with van der Waals surface area (Å²) in [4.78, 5) is 47.1. The number of Topliss-reactive ketones (excluding diaryl/α,β-unsaturated/α-hetero) is 1. The summed E-state index contributed by atoms with van der Waals surface area (Å²) in [7, 11) is 0. The average molecular weight is 390 g/mol.